The van der Waals surface area contributed by atoms with E-state index in [1.54, 1.807) is 26.0 Å². The van der Waals surface area contributed by atoms with Crippen molar-refractivity contribution < 1.29 is 19.1 Å². The Labute approximate surface area is 109 Å². The van der Waals surface area contributed by atoms with Crippen LogP contribution in [0, 0.1) is 13.8 Å². The summed E-state index contributed by atoms with van der Waals surface area (Å²) in [5.74, 6) is -0.983. The van der Waals surface area contributed by atoms with E-state index in [0.29, 0.717) is 17.3 Å². The second-order valence-electron chi connectivity index (χ2n) is 3.99. The minimum Gasteiger partial charge on any atom is -0.478 e. The molecule has 2 rings (SSSR count). The quantitative estimate of drug-likeness (QED) is 0.882. The predicted molar refractivity (Wildman–Crippen MR) is 67.3 cm³/mol. The molecule has 2 N–H and O–H groups in total. The number of nitrogens with zero attached hydrogens (tertiary/aromatic N) is 1. The number of aromatic carboxylic acids is 1. The molecule has 1 aromatic carbocycles. The fourth-order valence-electron chi connectivity index (χ4n) is 1.66. The first-order valence-electron chi connectivity index (χ1n) is 5.56. The molecule has 0 spiro atoms. The van der Waals surface area contributed by atoms with Crippen molar-refractivity contribution in [2.24, 2.45) is 0 Å². The number of nitrogens with one attached hydrogen (secondary N) is 1. The van der Waals surface area contributed by atoms with Crippen LogP contribution in [0.15, 0.2) is 28.7 Å². The van der Waals surface area contributed by atoms with Gasteiger partial charge in [-0.1, -0.05) is 6.07 Å². The number of anilines is 1. The molecule has 0 fully saturated rings. The number of hydrogen-bond donors (Lipinski definition) is 2. The van der Waals surface area contributed by atoms with Crippen LogP contribution in [0.25, 0.3) is 0 Å². The number of carbonyl (C=O) groups is 2. The Hall–Kier alpha value is -2.63. The van der Waals surface area contributed by atoms with Gasteiger partial charge >= 0.3 is 5.97 Å². The lowest BCUT2D eigenvalue weighted by Gasteiger charge is -2.04. The van der Waals surface area contributed by atoms with Crippen molar-refractivity contribution in [3.05, 3.63) is 47.2 Å². The van der Waals surface area contributed by atoms with Gasteiger partial charge in [0.2, 0.25) is 5.76 Å². The highest BCUT2D eigenvalue weighted by atomic mass is 16.4. The Morgan fingerprint density at radius 3 is 2.63 bits per heavy atom. The number of carbonyl (C=O) groups excluding carboxylic acids is 1. The summed E-state index contributed by atoms with van der Waals surface area (Å²) in [6, 6.07) is 5.97. The van der Waals surface area contributed by atoms with Crippen LogP contribution in [0.4, 0.5) is 5.69 Å². The number of rotatable bonds is 3. The van der Waals surface area contributed by atoms with E-state index >= 15 is 0 Å². The van der Waals surface area contributed by atoms with Gasteiger partial charge in [0, 0.05) is 12.6 Å². The van der Waals surface area contributed by atoms with Crippen molar-refractivity contribution >= 4 is 17.6 Å². The lowest BCUT2D eigenvalue weighted by atomic mass is 10.2. The van der Waals surface area contributed by atoms with Crippen LogP contribution in [0.3, 0.4) is 0 Å². The molecule has 0 saturated carbocycles. The Balaban J connectivity index is 2.21. The Morgan fingerprint density at radius 2 is 2.05 bits per heavy atom. The van der Waals surface area contributed by atoms with E-state index in [9.17, 15) is 9.59 Å². The van der Waals surface area contributed by atoms with Gasteiger partial charge in [-0.15, -0.1) is 0 Å². The van der Waals surface area contributed by atoms with Crippen LogP contribution in [-0.2, 0) is 0 Å². The van der Waals surface area contributed by atoms with Gasteiger partial charge in [0.05, 0.1) is 11.3 Å². The first-order valence-corrected chi connectivity index (χ1v) is 5.56. The van der Waals surface area contributed by atoms with Crippen molar-refractivity contribution in [2.45, 2.75) is 13.8 Å². The topological polar surface area (TPSA) is 92.4 Å². The fraction of sp³-hybridized carbons (Fsp3) is 0.154. The third kappa shape index (κ3) is 2.79. The van der Waals surface area contributed by atoms with E-state index in [-0.39, 0.29) is 11.3 Å². The van der Waals surface area contributed by atoms with Crippen molar-refractivity contribution in [1.82, 2.24) is 4.98 Å². The zero-order valence-corrected chi connectivity index (χ0v) is 10.4. The summed E-state index contributed by atoms with van der Waals surface area (Å²) in [4.78, 5) is 26.8. The summed E-state index contributed by atoms with van der Waals surface area (Å²) in [7, 11) is 0. The molecule has 0 aliphatic heterocycles. The average Bonchev–Trinajstić information content (AvgIpc) is 2.69. The summed E-state index contributed by atoms with van der Waals surface area (Å²) >= 11 is 0. The van der Waals surface area contributed by atoms with Gasteiger partial charge in [-0.2, -0.15) is 0 Å². The Kier molecular flexibility index (Phi) is 3.33. The number of carboxylic acid groups (broad SMARTS) is 1. The summed E-state index contributed by atoms with van der Waals surface area (Å²) in [5, 5.41) is 11.4. The van der Waals surface area contributed by atoms with Crippen LogP contribution in [0.1, 0.15) is 32.5 Å². The van der Waals surface area contributed by atoms with E-state index in [1.807, 2.05) is 0 Å². The van der Waals surface area contributed by atoms with Crippen LogP contribution in [-0.4, -0.2) is 22.0 Å². The van der Waals surface area contributed by atoms with Gasteiger partial charge in [0.25, 0.3) is 5.91 Å². The largest absolute Gasteiger partial charge is 0.478 e. The molecule has 6 nitrogen and oxygen atoms in total. The van der Waals surface area contributed by atoms with Crippen LogP contribution >= 0.6 is 0 Å². The number of aryl methyl sites for hydroxylation is 2. The molecule has 0 atom stereocenters. The number of hydrogen-bond acceptors (Lipinski definition) is 4. The molecule has 98 valence electrons. The SMILES string of the molecule is Cc1nc(C)c(C(=O)Nc2cccc(C(=O)O)c2)o1. The summed E-state index contributed by atoms with van der Waals surface area (Å²) in [6.07, 6.45) is 0. The van der Waals surface area contributed by atoms with Gasteiger partial charge in [-0.05, 0) is 25.1 Å². The van der Waals surface area contributed by atoms with Crippen LogP contribution < -0.4 is 5.32 Å². The third-order valence-corrected chi connectivity index (χ3v) is 2.48. The number of amides is 1. The maximum atomic E-state index is 11.9. The number of benzene rings is 1. The molecule has 1 heterocycles. The van der Waals surface area contributed by atoms with E-state index in [2.05, 4.69) is 10.3 Å². The molecule has 0 unspecified atom stereocenters. The van der Waals surface area contributed by atoms with Crippen LogP contribution in [0.2, 0.25) is 0 Å². The van der Waals surface area contributed by atoms with Crippen molar-refractivity contribution in [3.8, 4) is 0 Å². The Bertz CT molecular complexity index is 646. The van der Waals surface area contributed by atoms with E-state index < -0.39 is 11.9 Å². The molecular formula is C13H12N2O4. The molecule has 0 bridgehead atoms. The van der Waals surface area contributed by atoms with Crippen molar-refractivity contribution in [3.63, 3.8) is 0 Å². The highest BCUT2D eigenvalue weighted by Crippen LogP contribution is 2.15. The molecule has 0 aliphatic rings. The van der Waals surface area contributed by atoms with E-state index in [0.717, 1.165) is 0 Å². The number of carboxylic acids is 1. The molecule has 0 saturated heterocycles. The lowest BCUT2D eigenvalue weighted by Crippen LogP contribution is -2.12. The standard InChI is InChI=1S/C13H12N2O4/c1-7-11(19-8(2)14-7)12(16)15-10-5-3-4-9(6-10)13(17)18/h3-6H,1-2H3,(H,15,16)(H,17,18). The second kappa shape index (κ2) is 4.93. The molecule has 1 aromatic heterocycles. The minimum atomic E-state index is -1.05. The predicted octanol–water partition coefficient (Wildman–Crippen LogP) is 2.24. The summed E-state index contributed by atoms with van der Waals surface area (Å²) in [5.41, 5.74) is 0.978. The molecule has 2 aromatic rings. The zero-order valence-electron chi connectivity index (χ0n) is 10.4. The molecule has 0 aliphatic carbocycles. The fourth-order valence-corrected chi connectivity index (χ4v) is 1.66. The molecular weight excluding hydrogens is 248 g/mol. The average molecular weight is 260 g/mol. The maximum Gasteiger partial charge on any atom is 0.335 e. The van der Waals surface area contributed by atoms with Gasteiger partial charge in [-0.25, -0.2) is 9.78 Å². The highest BCUT2D eigenvalue weighted by molar-refractivity contribution is 6.03. The second-order valence-corrected chi connectivity index (χ2v) is 3.99. The van der Waals surface area contributed by atoms with E-state index in [4.69, 9.17) is 9.52 Å². The van der Waals surface area contributed by atoms with Crippen molar-refractivity contribution in [2.75, 3.05) is 5.32 Å². The molecule has 1 amide bonds. The minimum absolute atomic E-state index is 0.100. The van der Waals surface area contributed by atoms with E-state index in [1.165, 1.54) is 12.1 Å². The monoisotopic (exact) mass is 260 g/mol. The first-order chi connectivity index (χ1) is 8.97. The molecule has 6 heteroatoms. The Morgan fingerprint density at radius 1 is 1.32 bits per heavy atom. The molecule has 19 heavy (non-hydrogen) atoms. The number of aromatic nitrogens is 1. The highest BCUT2D eigenvalue weighted by Gasteiger charge is 2.16. The zero-order chi connectivity index (χ0) is 14.0. The summed E-state index contributed by atoms with van der Waals surface area (Å²) < 4.78 is 5.19. The summed E-state index contributed by atoms with van der Waals surface area (Å²) in [6.45, 7) is 3.31. The first kappa shape index (κ1) is 12.8. The normalized spacial score (nSPS) is 10.2. The van der Waals surface area contributed by atoms with Gasteiger partial charge in [-0.3, -0.25) is 4.79 Å². The van der Waals surface area contributed by atoms with Crippen molar-refractivity contribution in [1.29, 1.82) is 0 Å². The van der Waals surface area contributed by atoms with Crippen LogP contribution in [0.5, 0.6) is 0 Å². The van der Waals surface area contributed by atoms with Gasteiger partial charge in [0.1, 0.15) is 0 Å². The smallest absolute Gasteiger partial charge is 0.335 e. The molecule has 0 radical (unpaired) electrons. The third-order valence-electron chi connectivity index (χ3n) is 2.48. The van der Waals surface area contributed by atoms with Gasteiger partial charge in [0.15, 0.2) is 5.89 Å². The lowest BCUT2D eigenvalue weighted by molar-refractivity contribution is 0.0696. The maximum absolute atomic E-state index is 11.9. The van der Waals surface area contributed by atoms with Gasteiger partial charge < -0.3 is 14.8 Å². The number of oxazole rings is 1.